The molecule has 1 aromatic heterocycles. The van der Waals surface area contributed by atoms with Crippen molar-refractivity contribution in [2.45, 2.75) is 13.5 Å². The molecule has 2 aromatic rings. The van der Waals surface area contributed by atoms with Crippen molar-refractivity contribution in [1.29, 1.82) is 0 Å². The highest BCUT2D eigenvalue weighted by molar-refractivity contribution is 7.06. The summed E-state index contributed by atoms with van der Waals surface area (Å²) in [6, 6.07) is 10.0. The lowest BCUT2D eigenvalue weighted by Crippen LogP contribution is -1.83. The molecule has 0 bridgehead atoms. The van der Waals surface area contributed by atoms with Crippen molar-refractivity contribution in [1.82, 2.24) is 4.37 Å². The summed E-state index contributed by atoms with van der Waals surface area (Å²) in [6.45, 7) is 2.08. The maximum absolute atomic E-state index is 9.05. The third-order valence-corrected chi connectivity index (χ3v) is 3.14. The number of benzene rings is 1. The summed E-state index contributed by atoms with van der Waals surface area (Å²) in [5.41, 5.74) is 3.18. The Labute approximate surface area is 87.0 Å². The smallest absolute Gasteiger partial charge is 0.0873 e. The minimum Gasteiger partial charge on any atom is -0.391 e. The van der Waals surface area contributed by atoms with Crippen LogP contribution in [0.5, 0.6) is 0 Å². The first-order valence-electron chi connectivity index (χ1n) is 4.44. The van der Waals surface area contributed by atoms with Crippen molar-refractivity contribution in [3.8, 4) is 11.3 Å². The minimum atomic E-state index is 0.0797. The van der Waals surface area contributed by atoms with Gasteiger partial charge in [-0.15, -0.1) is 0 Å². The lowest BCUT2D eigenvalue weighted by Gasteiger charge is -1.98. The minimum absolute atomic E-state index is 0.0797. The van der Waals surface area contributed by atoms with Gasteiger partial charge in [-0.1, -0.05) is 30.3 Å². The van der Waals surface area contributed by atoms with E-state index in [-0.39, 0.29) is 6.61 Å². The SMILES string of the molecule is Cc1c(-c2ccccc2)nsc1CO. The van der Waals surface area contributed by atoms with E-state index in [0.29, 0.717) is 0 Å². The van der Waals surface area contributed by atoms with Gasteiger partial charge in [-0.3, -0.25) is 0 Å². The number of rotatable bonds is 2. The van der Waals surface area contributed by atoms with Crippen LogP contribution in [0.1, 0.15) is 10.4 Å². The van der Waals surface area contributed by atoms with Crippen LogP contribution < -0.4 is 0 Å². The molecule has 2 nitrogen and oxygen atoms in total. The Bertz CT molecular complexity index is 422. The van der Waals surface area contributed by atoms with E-state index in [9.17, 15) is 0 Å². The van der Waals surface area contributed by atoms with Gasteiger partial charge in [0, 0.05) is 5.56 Å². The third-order valence-electron chi connectivity index (χ3n) is 2.21. The second-order valence-corrected chi connectivity index (χ2v) is 3.96. The van der Waals surface area contributed by atoms with E-state index in [0.717, 1.165) is 21.7 Å². The molecule has 3 heteroatoms. The maximum Gasteiger partial charge on any atom is 0.0873 e. The second kappa shape index (κ2) is 3.90. The first-order valence-corrected chi connectivity index (χ1v) is 5.21. The van der Waals surface area contributed by atoms with Gasteiger partial charge in [0.05, 0.1) is 17.2 Å². The van der Waals surface area contributed by atoms with Gasteiger partial charge >= 0.3 is 0 Å². The van der Waals surface area contributed by atoms with Gasteiger partial charge in [0.2, 0.25) is 0 Å². The van der Waals surface area contributed by atoms with Crippen LogP contribution in [0.4, 0.5) is 0 Å². The molecule has 0 fully saturated rings. The van der Waals surface area contributed by atoms with Gasteiger partial charge in [0.15, 0.2) is 0 Å². The molecular weight excluding hydrogens is 194 g/mol. The van der Waals surface area contributed by atoms with Crippen molar-refractivity contribution < 1.29 is 5.11 Å². The van der Waals surface area contributed by atoms with Crippen LogP contribution in [0.15, 0.2) is 30.3 Å². The second-order valence-electron chi connectivity index (χ2n) is 3.10. The topological polar surface area (TPSA) is 33.1 Å². The zero-order chi connectivity index (χ0) is 9.97. The van der Waals surface area contributed by atoms with Gasteiger partial charge in [0.1, 0.15) is 0 Å². The fraction of sp³-hybridized carbons (Fsp3) is 0.182. The van der Waals surface area contributed by atoms with E-state index in [2.05, 4.69) is 4.37 Å². The average Bonchev–Trinajstić information content (AvgIpc) is 2.61. The Morgan fingerprint density at radius 3 is 2.57 bits per heavy atom. The number of hydrogen-bond donors (Lipinski definition) is 1. The number of aliphatic hydroxyl groups excluding tert-OH is 1. The predicted molar refractivity (Wildman–Crippen MR) is 58.2 cm³/mol. The molecule has 0 atom stereocenters. The molecule has 0 aliphatic carbocycles. The summed E-state index contributed by atoms with van der Waals surface area (Å²) in [5.74, 6) is 0. The molecule has 0 aliphatic heterocycles. The fourth-order valence-electron chi connectivity index (χ4n) is 1.38. The summed E-state index contributed by atoms with van der Waals surface area (Å²) in [5, 5.41) is 9.05. The Kier molecular flexibility index (Phi) is 2.61. The monoisotopic (exact) mass is 205 g/mol. The molecule has 0 amide bonds. The van der Waals surface area contributed by atoms with Crippen molar-refractivity contribution in [3.05, 3.63) is 40.8 Å². The Hall–Kier alpha value is -1.19. The van der Waals surface area contributed by atoms with Crippen LogP contribution >= 0.6 is 11.5 Å². The van der Waals surface area contributed by atoms with E-state index >= 15 is 0 Å². The van der Waals surface area contributed by atoms with Gasteiger partial charge in [-0.05, 0) is 24.0 Å². The van der Waals surface area contributed by atoms with Crippen LogP contribution in [-0.2, 0) is 6.61 Å². The number of hydrogen-bond acceptors (Lipinski definition) is 3. The Morgan fingerprint density at radius 1 is 1.29 bits per heavy atom. The normalized spacial score (nSPS) is 10.4. The van der Waals surface area contributed by atoms with Crippen LogP contribution in [0.3, 0.4) is 0 Å². The highest BCUT2D eigenvalue weighted by Gasteiger charge is 2.09. The molecule has 1 heterocycles. The van der Waals surface area contributed by atoms with Crippen molar-refractivity contribution in [2.75, 3.05) is 0 Å². The summed E-state index contributed by atoms with van der Waals surface area (Å²) in [4.78, 5) is 0.948. The molecule has 72 valence electrons. The summed E-state index contributed by atoms with van der Waals surface area (Å²) in [6.07, 6.45) is 0. The highest BCUT2D eigenvalue weighted by Crippen LogP contribution is 2.27. The van der Waals surface area contributed by atoms with Crippen molar-refractivity contribution >= 4 is 11.5 Å². The molecule has 14 heavy (non-hydrogen) atoms. The van der Waals surface area contributed by atoms with E-state index in [1.807, 2.05) is 37.3 Å². The lowest BCUT2D eigenvalue weighted by molar-refractivity contribution is 0.285. The lowest BCUT2D eigenvalue weighted by atomic mass is 10.1. The zero-order valence-electron chi connectivity index (χ0n) is 7.90. The van der Waals surface area contributed by atoms with Crippen LogP contribution in [0, 0.1) is 6.92 Å². The summed E-state index contributed by atoms with van der Waals surface area (Å²) >= 11 is 1.37. The standard InChI is InChI=1S/C11H11NOS/c1-8-10(7-13)14-12-11(8)9-5-3-2-4-6-9/h2-6,13H,7H2,1H3. The first kappa shape index (κ1) is 9.37. The van der Waals surface area contributed by atoms with Gasteiger partial charge in [-0.2, -0.15) is 4.37 Å². The molecule has 1 N–H and O–H groups in total. The van der Waals surface area contributed by atoms with E-state index in [4.69, 9.17) is 5.11 Å². The summed E-state index contributed by atoms with van der Waals surface area (Å²) in [7, 11) is 0. The molecule has 0 aliphatic rings. The first-order chi connectivity index (χ1) is 6.83. The van der Waals surface area contributed by atoms with Crippen LogP contribution in [-0.4, -0.2) is 9.48 Å². The molecule has 0 spiro atoms. The maximum atomic E-state index is 9.05. The van der Waals surface area contributed by atoms with E-state index in [1.54, 1.807) is 0 Å². The predicted octanol–water partition coefficient (Wildman–Crippen LogP) is 2.61. The quantitative estimate of drug-likeness (QED) is 0.817. The molecular formula is C11H11NOS. The molecule has 2 rings (SSSR count). The van der Waals surface area contributed by atoms with Crippen LogP contribution in [0.2, 0.25) is 0 Å². The molecule has 0 radical (unpaired) electrons. The fourth-order valence-corrected chi connectivity index (χ4v) is 2.12. The Balaban J connectivity index is 2.48. The molecule has 0 saturated heterocycles. The number of aliphatic hydroxyl groups is 1. The zero-order valence-corrected chi connectivity index (χ0v) is 8.71. The third kappa shape index (κ3) is 1.56. The average molecular weight is 205 g/mol. The molecule has 1 aromatic carbocycles. The van der Waals surface area contributed by atoms with Crippen LogP contribution in [0.25, 0.3) is 11.3 Å². The van der Waals surface area contributed by atoms with Gasteiger partial charge < -0.3 is 5.11 Å². The summed E-state index contributed by atoms with van der Waals surface area (Å²) < 4.78 is 4.34. The van der Waals surface area contributed by atoms with E-state index in [1.165, 1.54) is 11.5 Å². The molecule has 0 unspecified atom stereocenters. The number of nitrogens with zero attached hydrogens (tertiary/aromatic N) is 1. The van der Waals surface area contributed by atoms with E-state index < -0.39 is 0 Å². The van der Waals surface area contributed by atoms with Crippen molar-refractivity contribution in [2.24, 2.45) is 0 Å². The largest absolute Gasteiger partial charge is 0.391 e. The number of aromatic nitrogens is 1. The van der Waals surface area contributed by atoms with Gasteiger partial charge in [0.25, 0.3) is 0 Å². The Morgan fingerprint density at radius 2 is 2.00 bits per heavy atom. The highest BCUT2D eigenvalue weighted by atomic mass is 32.1. The van der Waals surface area contributed by atoms with Crippen molar-refractivity contribution in [3.63, 3.8) is 0 Å². The molecule has 0 saturated carbocycles. The van der Waals surface area contributed by atoms with Gasteiger partial charge in [-0.25, -0.2) is 0 Å².